The third-order valence-electron chi connectivity index (χ3n) is 3.15. The molecule has 1 aromatic carbocycles. The Labute approximate surface area is 125 Å². The predicted molar refractivity (Wildman–Crippen MR) is 81.9 cm³/mol. The number of hydrogen-bond acceptors (Lipinski definition) is 5. The summed E-state index contributed by atoms with van der Waals surface area (Å²) in [5.74, 6) is 0.392. The summed E-state index contributed by atoms with van der Waals surface area (Å²) in [6, 6.07) is 3.69. The van der Waals surface area contributed by atoms with Gasteiger partial charge in [0.05, 0.1) is 10.6 Å². The van der Waals surface area contributed by atoms with Crippen molar-refractivity contribution in [2.24, 2.45) is 5.92 Å². The molecule has 21 heavy (non-hydrogen) atoms. The SMILES string of the molecule is CNc1cc([N+](=O)[O-])ccc1S(=O)(=O)N(C)CCC(C)C. The van der Waals surface area contributed by atoms with Crippen LogP contribution in [0.25, 0.3) is 0 Å². The van der Waals surface area contributed by atoms with Gasteiger partial charge in [-0.3, -0.25) is 10.1 Å². The first-order valence-corrected chi connectivity index (χ1v) is 8.06. The van der Waals surface area contributed by atoms with E-state index in [0.29, 0.717) is 12.5 Å². The minimum atomic E-state index is -3.67. The van der Waals surface area contributed by atoms with Crippen LogP contribution in [0.15, 0.2) is 23.1 Å². The van der Waals surface area contributed by atoms with Crippen molar-refractivity contribution in [3.05, 3.63) is 28.3 Å². The van der Waals surface area contributed by atoms with Crippen molar-refractivity contribution >= 4 is 21.4 Å². The maximum absolute atomic E-state index is 12.5. The molecule has 0 fully saturated rings. The van der Waals surface area contributed by atoms with Crippen molar-refractivity contribution < 1.29 is 13.3 Å². The molecule has 1 aromatic rings. The molecule has 1 N–H and O–H groups in total. The second kappa shape index (κ2) is 6.86. The maximum atomic E-state index is 12.5. The van der Waals surface area contributed by atoms with Crippen LogP contribution in [-0.2, 0) is 10.0 Å². The number of non-ortho nitro benzene ring substituents is 1. The van der Waals surface area contributed by atoms with E-state index in [4.69, 9.17) is 0 Å². The molecule has 0 unspecified atom stereocenters. The Hall–Kier alpha value is -1.67. The van der Waals surface area contributed by atoms with E-state index in [9.17, 15) is 18.5 Å². The Kier molecular flexibility index (Phi) is 5.68. The molecule has 7 nitrogen and oxygen atoms in total. The van der Waals surface area contributed by atoms with Gasteiger partial charge >= 0.3 is 0 Å². The number of hydrogen-bond donors (Lipinski definition) is 1. The van der Waals surface area contributed by atoms with Gasteiger partial charge in [0.25, 0.3) is 5.69 Å². The summed E-state index contributed by atoms with van der Waals surface area (Å²) in [4.78, 5) is 10.2. The molecule has 0 aliphatic heterocycles. The summed E-state index contributed by atoms with van der Waals surface area (Å²) in [6.45, 7) is 4.44. The monoisotopic (exact) mass is 315 g/mol. The lowest BCUT2D eigenvalue weighted by Gasteiger charge is -2.20. The second-order valence-electron chi connectivity index (χ2n) is 5.20. The number of nitro benzene ring substituents is 1. The highest BCUT2D eigenvalue weighted by atomic mass is 32.2. The van der Waals surface area contributed by atoms with Gasteiger partial charge in [-0.2, -0.15) is 0 Å². The lowest BCUT2D eigenvalue weighted by molar-refractivity contribution is -0.384. The van der Waals surface area contributed by atoms with Gasteiger partial charge in [-0.25, -0.2) is 12.7 Å². The largest absolute Gasteiger partial charge is 0.387 e. The summed E-state index contributed by atoms with van der Waals surface area (Å²) in [5, 5.41) is 13.5. The Bertz CT molecular complexity index is 614. The quantitative estimate of drug-likeness (QED) is 0.615. The highest BCUT2D eigenvalue weighted by Gasteiger charge is 2.25. The lowest BCUT2D eigenvalue weighted by atomic mass is 10.1. The Morgan fingerprint density at radius 1 is 1.38 bits per heavy atom. The molecule has 8 heteroatoms. The van der Waals surface area contributed by atoms with Crippen LogP contribution < -0.4 is 5.32 Å². The summed E-state index contributed by atoms with van der Waals surface area (Å²) in [5.41, 5.74) is 0.0729. The van der Waals surface area contributed by atoms with Crippen molar-refractivity contribution in [3.8, 4) is 0 Å². The van der Waals surface area contributed by atoms with Crippen LogP contribution in [0.4, 0.5) is 11.4 Å². The fourth-order valence-electron chi connectivity index (χ4n) is 1.78. The van der Waals surface area contributed by atoms with Crippen molar-refractivity contribution in [1.82, 2.24) is 4.31 Å². The molecule has 0 bridgehead atoms. The van der Waals surface area contributed by atoms with E-state index in [2.05, 4.69) is 5.32 Å². The van der Waals surface area contributed by atoms with E-state index in [1.165, 1.54) is 36.6 Å². The number of benzene rings is 1. The first-order valence-electron chi connectivity index (χ1n) is 6.62. The molecule has 0 heterocycles. The molecule has 0 saturated heterocycles. The molecule has 0 radical (unpaired) electrons. The molecular weight excluding hydrogens is 294 g/mol. The average Bonchev–Trinajstić information content (AvgIpc) is 2.43. The molecule has 0 saturated carbocycles. The van der Waals surface area contributed by atoms with Crippen LogP contribution in [0.1, 0.15) is 20.3 Å². The third kappa shape index (κ3) is 4.15. The summed E-state index contributed by atoms with van der Waals surface area (Å²) >= 11 is 0. The smallest absolute Gasteiger partial charge is 0.271 e. The van der Waals surface area contributed by atoms with E-state index in [1.54, 1.807) is 0 Å². The Morgan fingerprint density at radius 2 is 2.00 bits per heavy atom. The summed E-state index contributed by atoms with van der Waals surface area (Å²) in [7, 11) is -0.625. The first kappa shape index (κ1) is 17.4. The molecule has 0 amide bonds. The number of nitrogens with zero attached hydrogens (tertiary/aromatic N) is 2. The molecule has 118 valence electrons. The van der Waals surface area contributed by atoms with E-state index >= 15 is 0 Å². The van der Waals surface area contributed by atoms with Gasteiger partial charge in [-0.15, -0.1) is 0 Å². The minimum Gasteiger partial charge on any atom is -0.387 e. The van der Waals surface area contributed by atoms with Crippen molar-refractivity contribution in [2.75, 3.05) is 26.0 Å². The van der Waals surface area contributed by atoms with Gasteiger partial charge < -0.3 is 5.32 Å². The molecular formula is C13H21N3O4S. The average molecular weight is 315 g/mol. The zero-order valence-corrected chi connectivity index (χ0v) is 13.5. The lowest BCUT2D eigenvalue weighted by Crippen LogP contribution is -2.29. The van der Waals surface area contributed by atoms with E-state index in [-0.39, 0.29) is 16.3 Å². The fraction of sp³-hybridized carbons (Fsp3) is 0.538. The van der Waals surface area contributed by atoms with Gasteiger partial charge in [0, 0.05) is 32.8 Å². The van der Waals surface area contributed by atoms with Crippen LogP contribution in [0.2, 0.25) is 0 Å². The number of nitro groups is 1. The van der Waals surface area contributed by atoms with Gasteiger partial charge in [-0.05, 0) is 18.4 Å². The Balaban J connectivity index is 3.16. The molecule has 0 aliphatic carbocycles. The topological polar surface area (TPSA) is 92.5 Å². The van der Waals surface area contributed by atoms with Gasteiger partial charge in [-0.1, -0.05) is 13.8 Å². The number of nitrogens with one attached hydrogen (secondary N) is 1. The van der Waals surface area contributed by atoms with Gasteiger partial charge in [0.2, 0.25) is 10.0 Å². The van der Waals surface area contributed by atoms with Gasteiger partial charge in [0.1, 0.15) is 4.90 Å². The van der Waals surface area contributed by atoms with E-state index in [0.717, 1.165) is 6.42 Å². The number of anilines is 1. The van der Waals surface area contributed by atoms with E-state index in [1.807, 2.05) is 13.8 Å². The zero-order chi connectivity index (χ0) is 16.2. The van der Waals surface area contributed by atoms with Crippen LogP contribution in [0.3, 0.4) is 0 Å². The second-order valence-corrected chi connectivity index (χ2v) is 7.21. The van der Waals surface area contributed by atoms with Crippen LogP contribution in [0.5, 0.6) is 0 Å². The number of sulfonamides is 1. The van der Waals surface area contributed by atoms with Crippen molar-refractivity contribution in [1.29, 1.82) is 0 Å². The predicted octanol–water partition coefficient (Wildman–Crippen LogP) is 2.30. The molecule has 1 rings (SSSR count). The minimum absolute atomic E-state index is 0.0434. The molecule has 0 atom stereocenters. The van der Waals surface area contributed by atoms with Crippen LogP contribution in [-0.4, -0.2) is 38.3 Å². The third-order valence-corrected chi connectivity index (χ3v) is 5.07. The number of rotatable bonds is 7. The van der Waals surface area contributed by atoms with Gasteiger partial charge in [0.15, 0.2) is 0 Å². The maximum Gasteiger partial charge on any atom is 0.271 e. The summed E-state index contributed by atoms with van der Waals surface area (Å²) < 4.78 is 26.3. The molecule has 0 aromatic heterocycles. The highest BCUT2D eigenvalue weighted by molar-refractivity contribution is 7.89. The molecule has 0 spiro atoms. The highest BCUT2D eigenvalue weighted by Crippen LogP contribution is 2.28. The normalized spacial score (nSPS) is 11.9. The van der Waals surface area contributed by atoms with Crippen molar-refractivity contribution in [3.63, 3.8) is 0 Å². The molecule has 0 aliphatic rings. The first-order chi connectivity index (χ1) is 9.70. The summed E-state index contributed by atoms with van der Waals surface area (Å²) in [6.07, 6.45) is 0.748. The fourth-order valence-corrected chi connectivity index (χ4v) is 3.14. The van der Waals surface area contributed by atoms with Crippen LogP contribution in [0, 0.1) is 16.0 Å². The van der Waals surface area contributed by atoms with Crippen LogP contribution >= 0.6 is 0 Å². The standard InChI is InChI=1S/C13H21N3O4S/c1-10(2)7-8-15(4)21(19,20)13-6-5-11(16(17)18)9-12(13)14-3/h5-6,9-10,14H,7-8H2,1-4H3. The Morgan fingerprint density at radius 3 is 2.48 bits per heavy atom. The van der Waals surface area contributed by atoms with E-state index < -0.39 is 14.9 Å². The van der Waals surface area contributed by atoms with Crippen molar-refractivity contribution in [2.45, 2.75) is 25.2 Å². The zero-order valence-electron chi connectivity index (χ0n) is 12.7.